The number of rotatable bonds is 8. The Labute approximate surface area is 154 Å². The molecule has 0 bridgehead atoms. The molecule has 0 fully saturated rings. The standard InChI is InChI=1S/C17H19F2N3O5/c1-10-6-12(21-27-10)9-22(2)15(23)8-20-16(24)11-4-5-13(26-17(18)19)14(7-11)25-3/h4-7,17H,8-9H2,1-3H3,(H,20,24). The number of alkyl halides is 2. The van der Waals surface area contributed by atoms with Crippen LogP contribution in [0.25, 0.3) is 0 Å². The summed E-state index contributed by atoms with van der Waals surface area (Å²) in [5.74, 6) is -0.479. The van der Waals surface area contributed by atoms with Crippen LogP contribution in [0.15, 0.2) is 28.8 Å². The summed E-state index contributed by atoms with van der Waals surface area (Å²) in [5, 5.41) is 6.26. The van der Waals surface area contributed by atoms with Crippen LogP contribution in [0.3, 0.4) is 0 Å². The van der Waals surface area contributed by atoms with Gasteiger partial charge in [0.2, 0.25) is 5.91 Å². The van der Waals surface area contributed by atoms with Crippen molar-refractivity contribution in [3.8, 4) is 11.5 Å². The number of aromatic nitrogens is 1. The molecule has 0 aliphatic rings. The molecule has 0 aliphatic carbocycles. The zero-order valence-corrected chi connectivity index (χ0v) is 15.0. The molecule has 8 nitrogen and oxygen atoms in total. The zero-order chi connectivity index (χ0) is 20.0. The van der Waals surface area contributed by atoms with E-state index in [1.165, 1.54) is 30.2 Å². The van der Waals surface area contributed by atoms with Gasteiger partial charge < -0.3 is 24.2 Å². The van der Waals surface area contributed by atoms with Crippen LogP contribution in [0, 0.1) is 6.92 Å². The summed E-state index contributed by atoms with van der Waals surface area (Å²) >= 11 is 0. The first-order valence-corrected chi connectivity index (χ1v) is 7.87. The molecule has 1 heterocycles. The number of aryl methyl sites for hydroxylation is 1. The van der Waals surface area contributed by atoms with Crippen LogP contribution in [-0.2, 0) is 11.3 Å². The lowest BCUT2D eigenvalue weighted by atomic mass is 10.2. The Balaban J connectivity index is 1.93. The van der Waals surface area contributed by atoms with Gasteiger partial charge in [-0.15, -0.1) is 0 Å². The number of carbonyl (C=O) groups excluding carboxylic acids is 2. The maximum atomic E-state index is 12.3. The molecule has 0 radical (unpaired) electrons. The summed E-state index contributed by atoms with van der Waals surface area (Å²) in [6.45, 7) is -1.28. The molecule has 0 saturated carbocycles. The molecule has 0 atom stereocenters. The van der Waals surface area contributed by atoms with Crippen LogP contribution >= 0.6 is 0 Å². The number of halogens is 2. The Morgan fingerprint density at radius 2 is 2.04 bits per heavy atom. The van der Waals surface area contributed by atoms with E-state index < -0.39 is 12.5 Å². The number of ether oxygens (including phenoxy) is 2. The molecule has 10 heteroatoms. The second kappa shape index (κ2) is 8.97. The van der Waals surface area contributed by atoms with E-state index in [9.17, 15) is 18.4 Å². The van der Waals surface area contributed by atoms with Gasteiger partial charge in [-0.05, 0) is 25.1 Å². The van der Waals surface area contributed by atoms with Crippen LogP contribution in [0.5, 0.6) is 11.5 Å². The lowest BCUT2D eigenvalue weighted by Crippen LogP contribution is -2.37. The van der Waals surface area contributed by atoms with Gasteiger partial charge in [-0.1, -0.05) is 5.16 Å². The maximum absolute atomic E-state index is 12.3. The highest BCUT2D eigenvalue weighted by molar-refractivity contribution is 5.97. The number of methoxy groups -OCH3 is 1. The number of nitrogens with zero attached hydrogens (tertiary/aromatic N) is 2. The lowest BCUT2D eigenvalue weighted by Gasteiger charge is -2.16. The normalized spacial score (nSPS) is 10.6. The number of hydrogen-bond donors (Lipinski definition) is 1. The van der Waals surface area contributed by atoms with Crippen molar-refractivity contribution in [1.82, 2.24) is 15.4 Å². The highest BCUT2D eigenvalue weighted by atomic mass is 19.3. The van der Waals surface area contributed by atoms with Gasteiger partial charge in [0, 0.05) is 18.7 Å². The third-order valence-corrected chi connectivity index (χ3v) is 3.54. The Morgan fingerprint density at radius 3 is 2.63 bits per heavy atom. The Morgan fingerprint density at radius 1 is 1.30 bits per heavy atom. The molecule has 0 unspecified atom stereocenters. The minimum atomic E-state index is -3.01. The molecule has 27 heavy (non-hydrogen) atoms. The fraction of sp³-hybridized carbons (Fsp3) is 0.353. The monoisotopic (exact) mass is 383 g/mol. The Kier molecular flexibility index (Phi) is 6.69. The largest absolute Gasteiger partial charge is 0.493 e. The minimum Gasteiger partial charge on any atom is -0.493 e. The van der Waals surface area contributed by atoms with E-state index in [0.29, 0.717) is 11.5 Å². The van der Waals surface area contributed by atoms with Gasteiger partial charge in [0.1, 0.15) is 11.5 Å². The second-order valence-corrected chi connectivity index (χ2v) is 5.61. The zero-order valence-electron chi connectivity index (χ0n) is 15.0. The molecule has 0 spiro atoms. The molecule has 0 aliphatic heterocycles. The predicted octanol–water partition coefficient (Wildman–Crippen LogP) is 1.98. The number of amides is 2. The van der Waals surface area contributed by atoms with Crippen molar-refractivity contribution in [3.05, 3.63) is 41.3 Å². The van der Waals surface area contributed by atoms with Gasteiger partial charge in [-0.2, -0.15) is 8.78 Å². The summed E-state index contributed by atoms with van der Waals surface area (Å²) in [4.78, 5) is 25.7. The van der Waals surface area contributed by atoms with Crippen molar-refractivity contribution in [2.45, 2.75) is 20.1 Å². The third-order valence-electron chi connectivity index (χ3n) is 3.54. The highest BCUT2D eigenvalue weighted by Gasteiger charge is 2.16. The smallest absolute Gasteiger partial charge is 0.387 e. The van der Waals surface area contributed by atoms with E-state index in [4.69, 9.17) is 9.26 Å². The molecule has 2 amide bonds. The fourth-order valence-corrected chi connectivity index (χ4v) is 2.22. The van der Waals surface area contributed by atoms with Gasteiger partial charge in [-0.3, -0.25) is 9.59 Å². The van der Waals surface area contributed by atoms with E-state index >= 15 is 0 Å². The van der Waals surface area contributed by atoms with Crippen molar-refractivity contribution in [2.75, 3.05) is 20.7 Å². The van der Waals surface area contributed by atoms with Crippen LogP contribution in [0.2, 0.25) is 0 Å². The molecular weight excluding hydrogens is 364 g/mol. The SMILES string of the molecule is COc1cc(C(=O)NCC(=O)N(C)Cc2cc(C)on2)ccc1OC(F)F. The summed E-state index contributed by atoms with van der Waals surface area (Å²) < 4.78 is 38.8. The average Bonchev–Trinajstić information content (AvgIpc) is 3.03. The van der Waals surface area contributed by atoms with Crippen LogP contribution in [-0.4, -0.2) is 49.2 Å². The van der Waals surface area contributed by atoms with Gasteiger partial charge in [-0.25, -0.2) is 0 Å². The van der Waals surface area contributed by atoms with Crippen LogP contribution < -0.4 is 14.8 Å². The quantitative estimate of drug-likeness (QED) is 0.749. The molecule has 146 valence electrons. The van der Waals surface area contributed by atoms with Crippen molar-refractivity contribution in [1.29, 1.82) is 0 Å². The van der Waals surface area contributed by atoms with Gasteiger partial charge >= 0.3 is 6.61 Å². The average molecular weight is 383 g/mol. The number of benzene rings is 1. The summed E-state index contributed by atoms with van der Waals surface area (Å²) in [6, 6.07) is 5.44. The van der Waals surface area contributed by atoms with Gasteiger partial charge in [0.05, 0.1) is 20.2 Å². The lowest BCUT2D eigenvalue weighted by molar-refractivity contribution is -0.129. The molecule has 2 rings (SSSR count). The Hall–Kier alpha value is -3.17. The maximum Gasteiger partial charge on any atom is 0.387 e. The van der Waals surface area contributed by atoms with Crippen molar-refractivity contribution < 1.29 is 32.4 Å². The number of carbonyl (C=O) groups is 2. The third kappa shape index (κ3) is 5.66. The first-order valence-electron chi connectivity index (χ1n) is 7.87. The second-order valence-electron chi connectivity index (χ2n) is 5.61. The first-order chi connectivity index (χ1) is 12.8. The predicted molar refractivity (Wildman–Crippen MR) is 89.7 cm³/mol. The van der Waals surface area contributed by atoms with Crippen molar-refractivity contribution in [3.63, 3.8) is 0 Å². The molecule has 0 saturated heterocycles. The molecular formula is C17H19F2N3O5. The molecule has 1 N–H and O–H groups in total. The van der Waals surface area contributed by atoms with E-state index in [1.54, 1.807) is 20.0 Å². The molecule has 1 aromatic heterocycles. The Bertz CT molecular complexity index is 810. The summed E-state index contributed by atoms with van der Waals surface area (Å²) in [6.07, 6.45) is 0. The van der Waals surface area contributed by atoms with E-state index in [-0.39, 0.29) is 36.1 Å². The number of hydrogen-bond acceptors (Lipinski definition) is 6. The first kappa shape index (κ1) is 20.1. The summed E-state index contributed by atoms with van der Waals surface area (Å²) in [5.41, 5.74) is 0.727. The number of likely N-dealkylation sites (N-methyl/N-ethyl adjacent to an activating group) is 1. The molecule has 2 aromatic rings. The fourth-order valence-electron chi connectivity index (χ4n) is 2.22. The van der Waals surface area contributed by atoms with Crippen LogP contribution in [0.4, 0.5) is 8.78 Å². The van der Waals surface area contributed by atoms with Gasteiger partial charge in [0.15, 0.2) is 11.5 Å². The molecule has 1 aromatic carbocycles. The van der Waals surface area contributed by atoms with E-state index in [2.05, 4.69) is 15.2 Å². The minimum absolute atomic E-state index is 0.0206. The summed E-state index contributed by atoms with van der Waals surface area (Å²) in [7, 11) is 2.83. The van der Waals surface area contributed by atoms with Crippen molar-refractivity contribution >= 4 is 11.8 Å². The van der Waals surface area contributed by atoms with Crippen LogP contribution in [0.1, 0.15) is 21.8 Å². The number of nitrogens with one attached hydrogen (secondary N) is 1. The van der Waals surface area contributed by atoms with E-state index in [0.717, 1.165) is 0 Å². The van der Waals surface area contributed by atoms with Gasteiger partial charge in [0.25, 0.3) is 5.91 Å². The topological polar surface area (TPSA) is 93.9 Å². The van der Waals surface area contributed by atoms with E-state index in [1.807, 2.05) is 0 Å². The van der Waals surface area contributed by atoms with Crippen molar-refractivity contribution in [2.24, 2.45) is 0 Å². The highest BCUT2D eigenvalue weighted by Crippen LogP contribution is 2.29.